The number of allylic oxidation sites excluding steroid dienone is 1. The number of rotatable bonds is 7. The van der Waals surface area contributed by atoms with E-state index in [0.29, 0.717) is 46.7 Å². The number of fused-ring (bicyclic) bond motifs is 1. The number of hydrogen-bond donors (Lipinski definition) is 1. The van der Waals surface area contributed by atoms with Crippen LogP contribution in [0.5, 0.6) is 17.2 Å². The highest BCUT2D eigenvalue weighted by atomic mass is 16.5. The maximum absolute atomic E-state index is 12.1. The lowest BCUT2D eigenvalue weighted by molar-refractivity contribution is -0.103. The van der Waals surface area contributed by atoms with Gasteiger partial charge in [-0.25, -0.2) is 4.79 Å². The van der Waals surface area contributed by atoms with Gasteiger partial charge in [0.25, 0.3) is 0 Å². The lowest BCUT2D eigenvalue weighted by atomic mass is 9.87. The van der Waals surface area contributed by atoms with Crippen LogP contribution in [0.25, 0.3) is 5.57 Å². The maximum Gasteiger partial charge on any atom is 0.411 e. The van der Waals surface area contributed by atoms with Gasteiger partial charge in [-0.1, -0.05) is 12.1 Å². The number of carboxylic acid groups (broad SMARTS) is 1. The molecule has 168 valence electrons. The average molecular weight is 437 g/mol. The fourth-order valence-corrected chi connectivity index (χ4v) is 4.51. The van der Waals surface area contributed by atoms with Crippen LogP contribution >= 0.6 is 0 Å². The van der Waals surface area contributed by atoms with E-state index in [4.69, 9.17) is 14.2 Å². The molecule has 1 heterocycles. The van der Waals surface area contributed by atoms with E-state index in [2.05, 4.69) is 0 Å². The molecule has 0 spiro atoms. The zero-order valence-corrected chi connectivity index (χ0v) is 18.2. The summed E-state index contributed by atoms with van der Waals surface area (Å²) in [7, 11) is 3.16. The molecule has 1 fully saturated rings. The second-order valence-electron chi connectivity index (χ2n) is 8.08. The highest BCUT2D eigenvalue weighted by molar-refractivity contribution is 6.09. The Labute approximate surface area is 187 Å². The third-order valence-corrected chi connectivity index (χ3v) is 6.13. The monoisotopic (exact) mass is 437 g/mol. The van der Waals surface area contributed by atoms with Gasteiger partial charge in [-0.2, -0.15) is 0 Å². The summed E-state index contributed by atoms with van der Waals surface area (Å²) >= 11 is 0. The number of nitrogens with zero attached hydrogens (tertiary/aromatic N) is 1. The standard InChI is InChI=1S/C25H27NO6/c1-30-19-9-5-6-16(10-19)11-22-21-13-23(31-2)24(32-18-7-3-4-8-18)12-20(21)17(15-27)14-26(22)25(28)29/h5-6,9-10,12-15,18,22H,3-4,7-8,11H2,1-2H3,(H,28,29). The fourth-order valence-electron chi connectivity index (χ4n) is 4.51. The lowest BCUT2D eigenvalue weighted by Gasteiger charge is -2.34. The summed E-state index contributed by atoms with van der Waals surface area (Å²) in [6, 6.07) is 10.6. The minimum Gasteiger partial charge on any atom is -0.497 e. The van der Waals surface area contributed by atoms with Crippen LogP contribution in [0.4, 0.5) is 4.79 Å². The summed E-state index contributed by atoms with van der Waals surface area (Å²) in [5.74, 6) is 1.81. The third-order valence-electron chi connectivity index (χ3n) is 6.13. The van der Waals surface area contributed by atoms with Gasteiger partial charge in [0.15, 0.2) is 17.8 Å². The predicted molar refractivity (Wildman–Crippen MR) is 119 cm³/mol. The van der Waals surface area contributed by atoms with Gasteiger partial charge in [-0.3, -0.25) is 9.69 Å². The molecule has 0 bridgehead atoms. The van der Waals surface area contributed by atoms with Crippen molar-refractivity contribution in [3.8, 4) is 17.2 Å². The largest absolute Gasteiger partial charge is 0.497 e. The van der Waals surface area contributed by atoms with Crippen LogP contribution in [0.2, 0.25) is 0 Å². The number of benzene rings is 2. The number of aldehydes is 1. The molecule has 0 radical (unpaired) electrons. The van der Waals surface area contributed by atoms with E-state index in [-0.39, 0.29) is 6.10 Å². The molecule has 1 unspecified atom stereocenters. The zero-order valence-electron chi connectivity index (χ0n) is 18.2. The Kier molecular flexibility index (Phi) is 6.35. The molecule has 1 aliphatic heterocycles. The van der Waals surface area contributed by atoms with Crippen molar-refractivity contribution < 1.29 is 28.9 Å². The minimum absolute atomic E-state index is 0.122. The molecule has 1 N–H and O–H groups in total. The van der Waals surface area contributed by atoms with Crippen molar-refractivity contribution in [3.05, 3.63) is 59.3 Å². The molecule has 1 aliphatic carbocycles. The number of hydrogen-bond acceptors (Lipinski definition) is 5. The molecular weight excluding hydrogens is 410 g/mol. The summed E-state index contributed by atoms with van der Waals surface area (Å²) < 4.78 is 17.1. The topological polar surface area (TPSA) is 85.3 Å². The number of carbonyl (C=O) groups is 2. The van der Waals surface area contributed by atoms with E-state index >= 15 is 0 Å². The Bertz CT molecular complexity index is 1040. The highest BCUT2D eigenvalue weighted by Gasteiger charge is 2.33. The normalized spacial score (nSPS) is 18.0. The average Bonchev–Trinajstić information content (AvgIpc) is 3.32. The second-order valence-corrected chi connectivity index (χ2v) is 8.08. The van der Waals surface area contributed by atoms with Crippen molar-refractivity contribution >= 4 is 18.0 Å². The third kappa shape index (κ3) is 4.28. The quantitative estimate of drug-likeness (QED) is 0.624. The van der Waals surface area contributed by atoms with E-state index in [1.165, 1.54) is 11.1 Å². The van der Waals surface area contributed by atoms with Crippen molar-refractivity contribution in [2.75, 3.05) is 14.2 Å². The van der Waals surface area contributed by atoms with Gasteiger partial charge in [0.2, 0.25) is 0 Å². The SMILES string of the molecule is COc1cccc(CC2c3cc(OC)c(OC4CCCC4)cc3C(C=O)=CN2C(=O)O)c1. The molecule has 2 aliphatic rings. The molecule has 1 amide bonds. The number of ether oxygens (including phenoxy) is 3. The fraction of sp³-hybridized carbons (Fsp3) is 0.360. The second kappa shape index (κ2) is 9.34. The zero-order chi connectivity index (χ0) is 22.7. The van der Waals surface area contributed by atoms with E-state index in [0.717, 1.165) is 31.2 Å². The lowest BCUT2D eigenvalue weighted by Crippen LogP contribution is -2.34. The van der Waals surface area contributed by atoms with E-state index in [9.17, 15) is 14.7 Å². The molecule has 0 aromatic heterocycles. The minimum atomic E-state index is -1.13. The Hall–Kier alpha value is -3.48. The molecule has 32 heavy (non-hydrogen) atoms. The molecule has 1 saturated carbocycles. The smallest absolute Gasteiger partial charge is 0.411 e. The predicted octanol–water partition coefficient (Wildman–Crippen LogP) is 4.84. The number of carbonyl (C=O) groups excluding carboxylic acids is 1. The van der Waals surface area contributed by atoms with Crippen molar-refractivity contribution in [3.63, 3.8) is 0 Å². The summed E-state index contributed by atoms with van der Waals surface area (Å²) in [6.07, 6.45) is 5.72. The van der Waals surface area contributed by atoms with Crippen LogP contribution < -0.4 is 14.2 Å². The first-order valence-electron chi connectivity index (χ1n) is 10.7. The maximum atomic E-state index is 12.1. The van der Waals surface area contributed by atoms with Gasteiger partial charge in [0.1, 0.15) is 5.75 Å². The first-order valence-corrected chi connectivity index (χ1v) is 10.7. The van der Waals surface area contributed by atoms with Gasteiger partial charge in [-0.05, 0) is 73.1 Å². The van der Waals surface area contributed by atoms with Crippen LogP contribution in [0.3, 0.4) is 0 Å². The molecule has 2 aromatic carbocycles. The Balaban J connectivity index is 1.78. The van der Waals surface area contributed by atoms with Crippen LogP contribution in [0.1, 0.15) is 48.4 Å². The van der Waals surface area contributed by atoms with Gasteiger partial charge >= 0.3 is 6.09 Å². The molecule has 1 atom stereocenters. The van der Waals surface area contributed by atoms with Crippen molar-refractivity contribution in [2.24, 2.45) is 0 Å². The van der Waals surface area contributed by atoms with Crippen molar-refractivity contribution in [1.29, 1.82) is 0 Å². The first kappa shape index (κ1) is 21.7. The summed E-state index contributed by atoms with van der Waals surface area (Å²) in [6.45, 7) is 0. The molecule has 7 heteroatoms. The number of methoxy groups -OCH3 is 2. The van der Waals surface area contributed by atoms with Gasteiger partial charge in [0.05, 0.1) is 26.4 Å². The van der Waals surface area contributed by atoms with Crippen molar-refractivity contribution in [1.82, 2.24) is 4.90 Å². The van der Waals surface area contributed by atoms with Crippen LogP contribution in [-0.4, -0.2) is 42.7 Å². The molecule has 7 nitrogen and oxygen atoms in total. The van der Waals surface area contributed by atoms with Crippen molar-refractivity contribution in [2.45, 2.75) is 44.2 Å². The molecule has 2 aromatic rings. The Morgan fingerprint density at radius 2 is 1.91 bits per heavy atom. The van der Waals surface area contributed by atoms with E-state index < -0.39 is 12.1 Å². The van der Waals surface area contributed by atoms with E-state index in [1.54, 1.807) is 20.3 Å². The van der Waals surface area contributed by atoms with Crippen LogP contribution in [0.15, 0.2) is 42.6 Å². The van der Waals surface area contributed by atoms with Crippen LogP contribution in [0, 0.1) is 0 Å². The molecule has 4 rings (SSSR count). The van der Waals surface area contributed by atoms with Gasteiger partial charge < -0.3 is 19.3 Å². The Morgan fingerprint density at radius 1 is 1.12 bits per heavy atom. The van der Waals surface area contributed by atoms with E-state index in [1.807, 2.05) is 30.3 Å². The van der Waals surface area contributed by atoms with Gasteiger partial charge in [-0.15, -0.1) is 0 Å². The van der Waals surface area contributed by atoms with Crippen LogP contribution in [-0.2, 0) is 11.2 Å². The molecule has 0 saturated heterocycles. The molecular formula is C25H27NO6. The highest BCUT2D eigenvalue weighted by Crippen LogP contribution is 2.43. The summed E-state index contributed by atoms with van der Waals surface area (Å²) in [4.78, 5) is 25.1. The Morgan fingerprint density at radius 3 is 2.56 bits per heavy atom. The van der Waals surface area contributed by atoms with Gasteiger partial charge in [0, 0.05) is 11.8 Å². The summed E-state index contributed by atoms with van der Waals surface area (Å²) in [5, 5.41) is 9.88. The number of amides is 1. The first-order chi connectivity index (χ1) is 15.5. The summed E-state index contributed by atoms with van der Waals surface area (Å²) in [5.41, 5.74) is 2.58.